The summed E-state index contributed by atoms with van der Waals surface area (Å²) in [4.78, 5) is 0. The predicted octanol–water partition coefficient (Wildman–Crippen LogP) is -2.70. The Bertz CT molecular complexity index is 1830. The molecule has 10 fully saturated rings. The van der Waals surface area contributed by atoms with Crippen molar-refractivity contribution in [3.63, 3.8) is 0 Å². The van der Waals surface area contributed by atoms with Crippen molar-refractivity contribution in [2.75, 3.05) is 33.0 Å². The summed E-state index contributed by atoms with van der Waals surface area (Å²) < 4.78 is 55.0. The Morgan fingerprint density at radius 1 is 0.542 bits per heavy atom. The molecule has 0 radical (unpaired) electrons. The van der Waals surface area contributed by atoms with Crippen molar-refractivity contribution >= 4 is 0 Å². The maximum atomic E-state index is 11.8. The lowest BCUT2D eigenvalue weighted by molar-refractivity contribution is -0.404. The molecule has 6 saturated heterocycles. The van der Waals surface area contributed by atoms with E-state index in [-0.39, 0.29) is 28.8 Å². The van der Waals surface area contributed by atoms with Gasteiger partial charge in [0.15, 0.2) is 25.2 Å². The molecule has 4 aliphatic carbocycles. The van der Waals surface area contributed by atoms with E-state index in [2.05, 4.69) is 33.0 Å². The number of hydrogen-bond acceptors (Lipinski definition) is 22. The Hall–Kier alpha value is -0.880. The molecule has 0 bridgehead atoms. The van der Waals surface area contributed by atoms with Crippen LogP contribution in [0, 0.1) is 52.3 Å². The van der Waals surface area contributed by atoms with E-state index in [1.54, 1.807) is 0 Å². The first kappa shape index (κ1) is 54.5. The molecule has 10 rings (SSSR count). The molecule has 0 amide bonds. The second-order valence-corrected chi connectivity index (χ2v) is 24.0. The molecule has 6 aliphatic heterocycles. The summed E-state index contributed by atoms with van der Waals surface area (Å²) >= 11 is 0. The van der Waals surface area contributed by atoms with E-state index >= 15 is 0 Å². The lowest BCUT2D eigenvalue weighted by atomic mass is 9.44. The average Bonchev–Trinajstić information content (AvgIpc) is 3.82. The predicted molar refractivity (Wildman–Crippen MR) is 244 cm³/mol. The quantitative estimate of drug-likeness (QED) is 0.0937. The molecule has 10 aliphatic rings. The van der Waals surface area contributed by atoms with Crippen LogP contribution in [0.25, 0.3) is 0 Å². The molecule has 0 aromatic carbocycles. The van der Waals surface area contributed by atoms with Crippen LogP contribution in [-0.2, 0) is 42.6 Å². The molecular weight excluding hydrogens is 951 g/mol. The van der Waals surface area contributed by atoms with Crippen molar-refractivity contribution in [3.05, 3.63) is 0 Å². The average molecular weight is 1030 g/mol. The standard InChI is InChI=1S/C50H83NO21/c1-20-7-12-50(51-15-20)21(2)32-28(72-50)14-26-24-6-5-22-13-23(8-10-48(22,3)25(24)9-11-49(26,32)4)65-45-40(63)37(60)41(31(18-54)68-45)69-47-43(71-46-39(62)36(59)34(57)29(16-52)66-46)42(35(58)30(17-53)67-47)70-44-38(61)33(56)27(55)19-64-44/h20-47,51-63H,5-19H2,1-4H3/t20?,21?,22?,23-,24+,25?,26?,27+,28?,29+,30+,31+,32?,33+,34+,35+,36+,37-,38+,39+,40+,41-,42+,43+,44+,45+,46-,47-,48-,49-,50?/m0/s1. The molecule has 31 atom stereocenters. The van der Waals surface area contributed by atoms with E-state index in [9.17, 15) is 61.3 Å². The first-order valence-corrected chi connectivity index (χ1v) is 26.8. The van der Waals surface area contributed by atoms with Gasteiger partial charge in [0.25, 0.3) is 0 Å². The van der Waals surface area contributed by atoms with Crippen LogP contribution in [0.2, 0.25) is 0 Å². The highest BCUT2D eigenvalue weighted by Crippen LogP contribution is 2.71. The number of nitrogens with one attached hydrogen (secondary N) is 1. The molecular formula is C50H83NO21. The maximum Gasteiger partial charge on any atom is 0.187 e. The molecule has 72 heavy (non-hydrogen) atoms. The Kier molecular flexibility index (Phi) is 15.9. The van der Waals surface area contributed by atoms with E-state index in [1.807, 2.05) is 0 Å². The summed E-state index contributed by atoms with van der Waals surface area (Å²) in [5, 5.41) is 133. The van der Waals surface area contributed by atoms with Gasteiger partial charge in [-0.25, -0.2) is 0 Å². The van der Waals surface area contributed by atoms with Crippen LogP contribution in [0.5, 0.6) is 0 Å². The van der Waals surface area contributed by atoms with Crippen LogP contribution in [-0.4, -0.2) is 229 Å². The van der Waals surface area contributed by atoms with Gasteiger partial charge in [0.2, 0.25) is 0 Å². The van der Waals surface area contributed by atoms with Crippen LogP contribution in [0.3, 0.4) is 0 Å². The lowest BCUT2D eigenvalue weighted by Gasteiger charge is -2.61. The fourth-order valence-corrected chi connectivity index (χ4v) is 16.1. The minimum absolute atomic E-state index is 0.104. The largest absolute Gasteiger partial charge is 0.394 e. The van der Waals surface area contributed by atoms with E-state index in [1.165, 1.54) is 19.3 Å². The highest BCUT2D eigenvalue weighted by atomic mass is 16.8. The minimum Gasteiger partial charge on any atom is -0.394 e. The Labute approximate surface area is 420 Å². The zero-order valence-corrected chi connectivity index (χ0v) is 41.8. The normalized spacial score (nSPS) is 57.8. The minimum atomic E-state index is -1.99. The topological polar surface area (TPSA) is 338 Å². The van der Waals surface area contributed by atoms with Crippen LogP contribution in [0.4, 0.5) is 0 Å². The van der Waals surface area contributed by atoms with Gasteiger partial charge in [0.1, 0.15) is 97.3 Å². The number of hydrogen-bond donors (Lipinski definition) is 13. The lowest BCUT2D eigenvalue weighted by Crippen LogP contribution is -2.68. The third-order valence-electron chi connectivity index (χ3n) is 20.2. The van der Waals surface area contributed by atoms with Crippen LogP contribution in [0.1, 0.15) is 91.9 Å². The summed E-state index contributed by atoms with van der Waals surface area (Å²) in [5.74, 6) is 3.87. The first-order valence-electron chi connectivity index (χ1n) is 26.8. The summed E-state index contributed by atoms with van der Waals surface area (Å²) in [6.45, 7) is 7.84. The van der Waals surface area contributed by atoms with Gasteiger partial charge in [0.05, 0.1) is 38.6 Å². The molecule has 1 spiro atoms. The number of aliphatic hydroxyl groups excluding tert-OH is 12. The number of aliphatic hydroxyl groups is 12. The maximum absolute atomic E-state index is 11.8. The van der Waals surface area contributed by atoms with Gasteiger partial charge < -0.3 is 104 Å². The Balaban J connectivity index is 0.812. The van der Waals surface area contributed by atoms with Crippen LogP contribution >= 0.6 is 0 Å². The fraction of sp³-hybridized carbons (Fsp3) is 1.00. The van der Waals surface area contributed by atoms with E-state index in [4.69, 9.17) is 42.6 Å². The van der Waals surface area contributed by atoms with Gasteiger partial charge in [-0.3, -0.25) is 5.32 Å². The van der Waals surface area contributed by atoms with Gasteiger partial charge in [-0.1, -0.05) is 27.7 Å². The fourth-order valence-electron chi connectivity index (χ4n) is 16.1. The van der Waals surface area contributed by atoms with E-state index in [0.29, 0.717) is 47.8 Å². The number of rotatable bonds is 11. The molecule has 0 aromatic rings. The van der Waals surface area contributed by atoms with Gasteiger partial charge >= 0.3 is 0 Å². The van der Waals surface area contributed by atoms with Gasteiger partial charge in [0, 0.05) is 12.5 Å². The highest BCUT2D eigenvalue weighted by Gasteiger charge is 2.69. The monoisotopic (exact) mass is 1030 g/mol. The molecule has 4 saturated carbocycles. The zero-order valence-electron chi connectivity index (χ0n) is 41.8. The second kappa shape index (κ2) is 21.1. The number of piperidine rings is 1. The van der Waals surface area contributed by atoms with Gasteiger partial charge in [-0.15, -0.1) is 0 Å². The molecule has 6 heterocycles. The van der Waals surface area contributed by atoms with Crippen LogP contribution < -0.4 is 5.32 Å². The summed E-state index contributed by atoms with van der Waals surface area (Å²) in [5.41, 5.74) is 0.147. The van der Waals surface area contributed by atoms with E-state index in [0.717, 1.165) is 45.1 Å². The van der Waals surface area contributed by atoms with Crippen LogP contribution in [0.15, 0.2) is 0 Å². The summed E-state index contributed by atoms with van der Waals surface area (Å²) in [6, 6.07) is 0. The highest BCUT2D eigenvalue weighted by molar-refractivity contribution is 5.16. The first-order chi connectivity index (χ1) is 34.3. The molecule has 13 N–H and O–H groups in total. The van der Waals surface area contributed by atoms with Crippen molar-refractivity contribution in [1.82, 2.24) is 5.32 Å². The zero-order chi connectivity index (χ0) is 51.3. The van der Waals surface area contributed by atoms with Crippen molar-refractivity contribution in [3.8, 4) is 0 Å². The molecule has 414 valence electrons. The van der Waals surface area contributed by atoms with E-state index < -0.39 is 143 Å². The summed E-state index contributed by atoms with van der Waals surface area (Å²) in [7, 11) is 0. The molecule has 22 heteroatoms. The number of fused-ring (bicyclic) bond motifs is 7. The molecule has 22 nitrogen and oxygen atoms in total. The Morgan fingerprint density at radius 3 is 1.88 bits per heavy atom. The van der Waals surface area contributed by atoms with Crippen molar-refractivity contribution in [2.24, 2.45) is 52.3 Å². The molecule has 8 unspecified atom stereocenters. The van der Waals surface area contributed by atoms with Gasteiger partial charge in [-0.2, -0.15) is 0 Å². The van der Waals surface area contributed by atoms with Crippen molar-refractivity contribution < 1.29 is 104 Å². The third-order valence-corrected chi connectivity index (χ3v) is 20.2. The smallest absolute Gasteiger partial charge is 0.187 e. The molecule has 0 aromatic heterocycles. The Morgan fingerprint density at radius 2 is 1.17 bits per heavy atom. The third kappa shape index (κ3) is 9.26. The number of ether oxygens (including phenoxy) is 9. The van der Waals surface area contributed by atoms with Crippen molar-refractivity contribution in [1.29, 1.82) is 0 Å². The SMILES string of the molecule is CC1CCC2(NC1)OC1CC3[C@@H]4CCC5C[C@@H](O[C@@H]6O[C@H](CO)[C@H](O[C@@H]7O[C@H](CO)[C@@H](O)[C@@H](O[C@H]8OC[C@@H](O)[C@@H](O)[C@H]8O)[C@H]7O[C@@H]7O[C@H](CO)[C@@H](O)[C@@H](O)[C@H]7O)[C@@H](O)[C@H]6O)CC[C@]5(C)C4CC[C@]3(C)C1C2C. The summed E-state index contributed by atoms with van der Waals surface area (Å²) in [6.07, 6.45) is -22.4. The van der Waals surface area contributed by atoms with Crippen molar-refractivity contribution in [2.45, 2.75) is 227 Å². The second-order valence-electron chi connectivity index (χ2n) is 24.0. The van der Waals surface area contributed by atoms with Gasteiger partial charge in [-0.05, 0) is 111 Å².